The van der Waals surface area contributed by atoms with Gasteiger partial charge in [-0.25, -0.2) is 4.79 Å². The first-order valence-corrected chi connectivity index (χ1v) is 11.9. The second-order valence-corrected chi connectivity index (χ2v) is 10.8. The highest BCUT2D eigenvalue weighted by molar-refractivity contribution is 5.89. The van der Waals surface area contributed by atoms with Gasteiger partial charge in [-0.2, -0.15) is 0 Å². The van der Waals surface area contributed by atoms with Gasteiger partial charge in [0.1, 0.15) is 6.10 Å². The Hall–Kier alpha value is -2.17. The number of esters is 2. The van der Waals surface area contributed by atoms with E-state index in [-0.39, 0.29) is 34.7 Å². The van der Waals surface area contributed by atoms with Crippen LogP contribution in [-0.2, 0) is 23.9 Å². The van der Waals surface area contributed by atoms with Gasteiger partial charge >= 0.3 is 11.9 Å². The lowest BCUT2D eigenvalue weighted by molar-refractivity contribution is -0.185. The first-order chi connectivity index (χ1) is 15.0. The number of rotatable bonds is 4. The molecule has 0 aromatic heterocycles. The Balaban J connectivity index is 1.71. The van der Waals surface area contributed by atoms with Gasteiger partial charge in [-0.05, 0) is 87.2 Å². The summed E-state index contributed by atoms with van der Waals surface area (Å²) >= 11 is 0. The van der Waals surface area contributed by atoms with Gasteiger partial charge in [-0.3, -0.25) is 9.59 Å². The Bertz CT molecular complexity index is 928. The van der Waals surface area contributed by atoms with E-state index in [1.54, 1.807) is 6.92 Å². The number of carbonyl (C=O) groups is 3. The second kappa shape index (κ2) is 7.71. The molecular formula is C27H36O5. The number of Topliss-reactive ketones (excluding diaryl/α,β-unsaturated/α-hetero) is 1. The minimum atomic E-state index is -1.01. The maximum absolute atomic E-state index is 12.9. The van der Waals surface area contributed by atoms with E-state index in [2.05, 4.69) is 39.5 Å². The molecule has 5 nitrogen and oxygen atoms in total. The lowest BCUT2D eigenvalue weighted by Gasteiger charge is -2.58. The molecule has 0 radical (unpaired) electrons. The van der Waals surface area contributed by atoms with Gasteiger partial charge in [0.05, 0.1) is 0 Å². The molecule has 0 unspecified atom stereocenters. The monoisotopic (exact) mass is 440 g/mol. The number of allylic oxidation sites excluding steroid dienone is 3. The predicted molar refractivity (Wildman–Crippen MR) is 121 cm³/mol. The Kier molecular flexibility index (Phi) is 5.54. The molecule has 7 atom stereocenters. The van der Waals surface area contributed by atoms with E-state index in [1.165, 1.54) is 24.1 Å². The van der Waals surface area contributed by atoms with Crippen LogP contribution >= 0.6 is 0 Å². The van der Waals surface area contributed by atoms with Gasteiger partial charge in [0.15, 0.2) is 11.4 Å². The third kappa shape index (κ3) is 3.14. The molecule has 4 aliphatic carbocycles. The molecule has 0 aliphatic heterocycles. The molecule has 2 saturated carbocycles. The molecule has 0 N–H and O–H groups in total. The van der Waals surface area contributed by atoms with Crippen LogP contribution in [0.5, 0.6) is 0 Å². The van der Waals surface area contributed by atoms with Gasteiger partial charge in [0, 0.05) is 18.4 Å². The Morgan fingerprint density at radius 3 is 2.34 bits per heavy atom. The van der Waals surface area contributed by atoms with E-state index < -0.39 is 5.60 Å². The van der Waals surface area contributed by atoms with Gasteiger partial charge in [0.2, 0.25) is 0 Å². The standard InChI is InChI=1S/C27H36O5/c1-7-24(30)31-19-8-11-25(5)21-9-12-26(6)22(20(21)14-16(2)23(25)15-19)10-13-27(26,17(3)28)32-18(4)29/h7,14-15,19-22H,1,8-13H2,2-6H3/t19-,20+,21-,22-,25+,26-,27-/m0/s1. The summed E-state index contributed by atoms with van der Waals surface area (Å²) in [4.78, 5) is 36.6. The van der Waals surface area contributed by atoms with E-state index in [9.17, 15) is 14.4 Å². The smallest absolute Gasteiger partial charge is 0.330 e. The molecule has 0 aromatic rings. The fourth-order valence-electron chi connectivity index (χ4n) is 7.91. The number of hydrogen-bond donors (Lipinski definition) is 0. The first-order valence-electron chi connectivity index (χ1n) is 11.9. The van der Waals surface area contributed by atoms with E-state index in [4.69, 9.17) is 9.47 Å². The third-order valence-corrected chi connectivity index (χ3v) is 9.37. The van der Waals surface area contributed by atoms with Crippen molar-refractivity contribution in [1.29, 1.82) is 0 Å². The normalized spacial score (nSPS) is 42.4. The van der Waals surface area contributed by atoms with Crippen molar-refractivity contribution in [2.24, 2.45) is 28.6 Å². The molecule has 0 heterocycles. The molecule has 5 heteroatoms. The van der Waals surface area contributed by atoms with Crippen molar-refractivity contribution in [2.45, 2.75) is 84.8 Å². The predicted octanol–water partition coefficient (Wildman–Crippen LogP) is 5.10. The number of fused-ring (bicyclic) bond motifs is 5. The average Bonchev–Trinajstić information content (AvgIpc) is 3.02. The summed E-state index contributed by atoms with van der Waals surface area (Å²) in [5.41, 5.74) is 1.20. The van der Waals surface area contributed by atoms with Crippen LogP contribution in [-0.4, -0.2) is 29.4 Å². The molecule has 0 aromatic carbocycles. The summed E-state index contributed by atoms with van der Waals surface area (Å²) in [6.45, 7) is 13.2. The molecule has 4 rings (SSSR count). The van der Waals surface area contributed by atoms with E-state index in [0.717, 1.165) is 32.1 Å². The second-order valence-electron chi connectivity index (χ2n) is 10.8. The number of hydrogen-bond acceptors (Lipinski definition) is 5. The summed E-state index contributed by atoms with van der Waals surface area (Å²) in [6.07, 6.45) is 10.7. The van der Waals surface area contributed by atoms with Crippen LogP contribution in [0.25, 0.3) is 0 Å². The average molecular weight is 441 g/mol. The molecule has 0 spiro atoms. The van der Waals surface area contributed by atoms with Crippen LogP contribution in [0.2, 0.25) is 0 Å². The largest absolute Gasteiger partial charge is 0.455 e. The van der Waals surface area contributed by atoms with Crippen LogP contribution in [0.1, 0.15) is 73.1 Å². The number of ether oxygens (including phenoxy) is 2. The lowest BCUT2D eigenvalue weighted by Crippen LogP contribution is -2.58. The summed E-state index contributed by atoms with van der Waals surface area (Å²) in [7, 11) is 0. The molecular weight excluding hydrogens is 404 g/mol. The summed E-state index contributed by atoms with van der Waals surface area (Å²) in [6, 6.07) is 0. The fourth-order valence-corrected chi connectivity index (χ4v) is 7.91. The maximum Gasteiger partial charge on any atom is 0.330 e. The van der Waals surface area contributed by atoms with Crippen molar-refractivity contribution in [3.05, 3.63) is 36.0 Å². The van der Waals surface area contributed by atoms with Crippen LogP contribution in [0.3, 0.4) is 0 Å². The van der Waals surface area contributed by atoms with Crippen molar-refractivity contribution in [3.63, 3.8) is 0 Å². The van der Waals surface area contributed by atoms with Crippen molar-refractivity contribution >= 4 is 17.7 Å². The zero-order valence-electron chi connectivity index (χ0n) is 20.0. The quantitative estimate of drug-likeness (QED) is 0.449. The molecule has 0 saturated heterocycles. The molecule has 32 heavy (non-hydrogen) atoms. The SMILES string of the molecule is C=CC(=O)O[C@@H]1C=C2C(C)=C[C@@H]3[C@H](CC[C@@]4(C)[C@H]3CC[C@]4(OC(C)=O)C(C)=O)[C@@]2(C)CC1. The Labute approximate surface area is 191 Å². The zero-order chi connectivity index (χ0) is 23.5. The van der Waals surface area contributed by atoms with Gasteiger partial charge in [0.25, 0.3) is 0 Å². The van der Waals surface area contributed by atoms with Crippen molar-refractivity contribution in [3.8, 4) is 0 Å². The summed E-state index contributed by atoms with van der Waals surface area (Å²) < 4.78 is 11.4. The minimum absolute atomic E-state index is 0.0187. The first kappa shape index (κ1) is 23.0. The minimum Gasteiger partial charge on any atom is -0.455 e. The fraction of sp³-hybridized carbons (Fsp3) is 0.667. The Morgan fingerprint density at radius 2 is 1.72 bits per heavy atom. The van der Waals surface area contributed by atoms with Gasteiger partial charge < -0.3 is 9.47 Å². The number of carbonyl (C=O) groups excluding carboxylic acids is 3. The topological polar surface area (TPSA) is 69.7 Å². The van der Waals surface area contributed by atoms with Crippen molar-refractivity contribution in [2.75, 3.05) is 0 Å². The summed E-state index contributed by atoms with van der Waals surface area (Å²) in [5, 5.41) is 0. The Morgan fingerprint density at radius 1 is 1.03 bits per heavy atom. The van der Waals surface area contributed by atoms with E-state index in [0.29, 0.717) is 24.2 Å². The van der Waals surface area contributed by atoms with Crippen molar-refractivity contribution < 1.29 is 23.9 Å². The molecule has 0 bridgehead atoms. The number of ketones is 1. The lowest BCUT2D eigenvalue weighted by atomic mass is 9.47. The van der Waals surface area contributed by atoms with Crippen LogP contribution in [0, 0.1) is 28.6 Å². The molecule has 174 valence electrons. The van der Waals surface area contributed by atoms with Gasteiger partial charge in [-0.1, -0.05) is 32.1 Å². The third-order valence-electron chi connectivity index (χ3n) is 9.37. The van der Waals surface area contributed by atoms with Crippen LogP contribution < -0.4 is 0 Å². The van der Waals surface area contributed by atoms with Gasteiger partial charge in [-0.15, -0.1) is 0 Å². The van der Waals surface area contributed by atoms with Crippen LogP contribution in [0.15, 0.2) is 36.0 Å². The highest BCUT2D eigenvalue weighted by Gasteiger charge is 2.67. The van der Waals surface area contributed by atoms with Crippen molar-refractivity contribution in [1.82, 2.24) is 0 Å². The highest BCUT2D eigenvalue weighted by Crippen LogP contribution is 2.68. The molecule has 0 amide bonds. The maximum atomic E-state index is 12.9. The van der Waals surface area contributed by atoms with Crippen LogP contribution in [0.4, 0.5) is 0 Å². The van der Waals surface area contributed by atoms with E-state index >= 15 is 0 Å². The zero-order valence-corrected chi connectivity index (χ0v) is 20.0. The summed E-state index contributed by atoms with van der Waals surface area (Å²) in [5.74, 6) is 0.338. The molecule has 4 aliphatic rings. The highest BCUT2D eigenvalue weighted by atomic mass is 16.6. The van der Waals surface area contributed by atoms with E-state index in [1.807, 2.05) is 0 Å². The molecule has 2 fully saturated rings.